The summed E-state index contributed by atoms with van der Waals surface area (Å²) in [5.41, 5.74) is 0.436. The van der Waals surface area contributed by atoms with Gasteiger partial charge in [0.05, 0.1) is 25.9 Å². The van der Waals surface area contributed by atoms with E-state index in [9.17, 15) is 4.79 Å². The molecule has 0 saturated heterocycles. The van der Waals surface area contributed by atoms with Crippen molar-refractivity contribution in [2.75, 3.05) is 14.2 Å². The van der Waals surface area contributed by atoms with Gasteiger partial charge in [-0.05, 0) is 23.8 Å². The van der Waals surface area contributed by atoms with Gasteiger partial charge in [0.25, 0.3) is 0 Å². The number of allylic oxidation sites excluding steroid dienone is 1. The quantitative estimate of drug-likeness (QED) is 0.804. The van der Waals surface area contributed by atoms with E-state index < -0.39 is 5.97 Å². The molecule has 5 nitrogen and oxygen atoms in total. The van der Waals surface area contributed by atoms with Gasteiger partial charge in [-0.15, -0.1) is 0 Å². The fourth-order valence-corrected chi connectivity index (χ4v) is 1.34. The molecule has 1 N–H and O–H groups in total. The molecule has 0 radical (unpaired) electrons. The SMILES string of the molecule is COc1cc(C=CC#N)c(C(=O)O)cc1OC. The van der Waals surface area contributed by atoms with Gasteiger partial charge in [-0.3, -0.25) is 0 Å². The molecule has 0 atom stereocenters. The van der Waals surface area contributed by atoms with Crippen LogP contribution in [0.1, 0.15) is 15.9 Å². The Morgan fingerprint density at radius 3 is 2.41 bits per heavy atom. The number of methoxy groups -OCH3 is 2. The summed E-state index contributed by atoms with van der Waals surface area (Å²) in [6.07, 6.45) is 2.61. The van der Waals surface area contributed by atoms with E-state index in [-0.39, 0.29) is 5.56 Å². The zero-order valence-corrected chi connectivity index (χ0v) is 9.43. The predicted octanol–water partition coefficient (Wildman–Crippen LogP) is 1.94. The van der Waals surface area contributed by atoms with Gasteiger partial charge >= 0.3 is 5.97 Å². The Hall–Kier alpha value is -2.48. The normalized spacial score (nSPS) is 9.94. The van der Waals surface area contributed by atoms with Crippen LogP contribution in [-0.2, 0) is 0 Å². The Balaban J connectivity index is 3.41. The lowest BCUT2D eigenvalue weighted by atomic mass is 10.1. The molecule has 0 aliphatic heterocycles. The van der Waals surface area contributed by atoms with Crippen LogP contribution in [0.15, 0.2) is 18.2 Å². The topological polar surface area (TPSA) is 79.5 Å². The second-order valence-corrected chi connectivity index (χ2v) is 3.06. The molecule has 0 bridgehead atoms. The number of carboxylic acids is 1. The third-order valence-corrected chi connectivity index (χ3v) is 2.12. The van der Waals surface area contributed by atoms with E-state index >= 15 is 0 Å². The molecule has 5 heteroatoms. The molecule has 0 aromatic heterocycles. The summed E-state index contributed by atoms with van der Waals surface area (Å²) in [6, 6.07) is 4.67. The van der Waals surface area contributed by atoms with Crippen LogP contribution in [0.25, 0.3) is 6.08 Å². The number of carboxylic acid groups (broad SMARTS) is 1. The first kappa shape index (κ1) is 12.6. The van der Waals surface area contributed by atoms with E-state index in [1.807, 2.05) is 0 Å². The number of rotatable bonds is 4. The van der Waals surface area contributed by atoms with Crippen molar-refractivity contribution >= 4 is 12.0 Å². The van der Waals surface area contributed by atoms with Gasteiger partial charge in [0.15, 0.2) is 11.5 Å². The number of carbonyl (C=O) groups is 1. The number of nitrogens with zero attached hydrogens (tertiary/aromatic N) is 1. The molecule has 0 saturated carbocycles. The molecular weight excluding hydrogens is 222 g/mol. The molecule has 1 rings (SSSR count). The summed E-state index contributed by atoms with van der Waals surface area (Å²) in [6.45, 7) is 0. The zero-order chi connectivity index (χ0) is 12.8. The monoisotopic (exact) mass is 233 g/mol. The number of hydrogen-bond donors (Lipinski definition) is 1. The van der Waals surface area contributed by atoms with Gasteiger partial charge in [0.1, 0.15) is 0 Å². The molecule has 0 aliphatic rings. The Bertz CT molecular complexity index is 500. The Kier molecular flexibility index (Phi) is 4.12. The highest BCUT2D eigenvalue weighted by Crippen LogP contribution is 2.31. The van der Waals surface area contributed by atoms with Crippen molar-refractivity contribution in [1.82, 2.24) is 0 Å². The van der Waals surface area contributed by atoms with Crippen LogP contribution < -0.4 is 9.47 Å². The summed E-state index contributed by atoms with van der Waals surface area (Å²) in [5, 5.41) is 17.5. The largest absolute Gasteiger partial charge is 0.493 e. The first-order chi connectivity index (χ1) is 8.13. The Morgan fingerprint density at radius 1 is 1.35 bits per heavy atom. The van der Waals surface area contributed by atoms with E-state index in [1.165, 1.54) is 38.5 Å². The molecule has 1 aromatic rings. The highest BCUT2D eigenvalue weighted by molar-refractivity contribution is 5.93. The van der Waals surface area contributed by atoms with Crippen molar-refractivity contribution in [3.8, 4) is 17.6 Å². The minimum absolute atomic E-state index is 0.0501. The van der Waals surface area contributed by atoms with Gasteiger partial charge in [0.2, 0.25) is 0 Å². The number of benzene rings is 1. The van der Waals surface area contributed by atoms with Crippen LogP contribution in [0.3, 0.4) is 0 Å². The highest BCUT2D eigenvalue weighted by atomic mass is 16.5. The number of nitriles is 1. The van der Waals surface area contributed by atoms with Crippen molar-refractivity contribution in [2.24, 2.45) is 0 Å². The molecule has 0 spiro atoms. The number of aromatic carboxylic acids is 1. The highest BCUT2D eigenvalue weighted by Gasteiger charge is 2.14. The summed E-state index contributed by atoms with van der Waals surface area (Å²) < 4.78 is 10.1. The lowest BCUT2D eigenvalue weighted by molar-refractivity contribution is 0.0696. The maximum absolute atomic E-state index is 11.0. The van der Waals surface area contributed by atoms with Gasteiger partial charge in [-0.2, -0.15) is 5.26 Å². The second kappa shape index (κ2) is 5.56. The lowest BCUT2D eigenvalue weighted by Gasteiger charge is -2.10. The van der Waals surface area contributed by atoms with E-state index in [0.29, 0.717) is 17.1 Å². The fraction of sp³-hybridized carbons (Fsp3) is 0.167. The predicted molar refractivity (Wildman–Crippen MR) is 61.2 cm³/mol. The van der Waals surface area contributed by atoms with E-state index in [1.54, 1.807) is 6.07 Å². The van der Waals surface area contributed by atoms with Crippen molar-refractivity contribution in [3.05, 3.63) is 29.3 Å². The molecule has 88 valence electrons. The summed E-state index contributed by atoms with van der Waals surface area (Å²) >= 11 is 0. The Morgan fingerprint density at radius 2 is 1.94 bits per heavy atom. The smallest absolute Gasteiger partial charge is 0.336 e. The minimum Gasteiger partial charge on any atom is -0.493 e. The second-order valence-electron chi connectivity index (χ2n) is 3.06. The summed E-state index contributed by atoms with van der Waals surface area (Å²) in [7, 11) is 2.88. The van der Waals surface area contributed by atoms with Crippen molar-refractivity contribution in [1.29, 1.82) is 5.26 Å². The van der Waals surface area contributed by atoms with E-state index in [4.69, 9.17) is 19.8 Å². The summed E-state index contributed by atoms with van der Waals surface area (Å²) in [4.78, 5) is 11.0. The van der Waals surface area contributed by atoms with Gasteiger partial charge in [-0.1, -0.05) is 0 Å². The van der Waals surface area contributed by atoms with Crippen LogP contribution in [0, 0.1) is 11.3 Å². The first-order valence-corrected chi connectivity index (χ1v) is 4.69. The van der Waals surface area contributed by atoms with E-state index in [2.05, 4.69) is 0 Å². The van der Waals surface area contributed by atoms with E-state index in [0.717, 1.165) is 0 Å². The molecule has 0 heterocycles. The maximum Gasteiger partial charge on any atom is 0.336 e. The molecule has 1 aromatic carbocycles. The Labute approximate surface area is 98.5 Å². The average Bonchev–Trinajstić information content (AvgIpc) is 2.34. The van der Waals surface area contributed by atoms with Gasteiger partial charge in [-0.25, -0.2) is 4.79 Å². The van der Waals surface area contributed by atoms with Crippen LogP contribution in [-0.4, -0.2) is 25.3 Å². The van der Waals surface area contributed by atoms with Crippen molar-refractivity contribution in [2.45, 2.75) is 0 Å². The molecule has 17 heavy (non-hydrogen) atoms. The standard InChI is InChI=1S/C12H11NO4/c1-16-10-6-8(4-3-5-13)9(12(14)15)7-11(10)17-2/h3-4,6-7H,1-2H3,(H,14,15). The number of hydrogen-bond acceptors (Lipinski definition) is 4. The zero-order valence-electron chi connectivity index (χ0n) is 9.43. The van der Waals surface area contributed by atoms with Crippen molar-refractivity contribution in [3.63, 3.8) is 0 Å². The third kappa shape index (κ3) is 2.75. The summed E-state index contributed by atoms with van der Waals surface area (Å²) in [5.74, 6) is -0.349. The van der Waals surface area contributed by atoms with Gasteiger partial charge < -0.3 is 14.6 Å². The maximum atomic E-state index is 11.0. The van der Waals surface area contributed by atoms with Crippen LogP contribution in [0.2, 0.25) is 0 Å². The van der Waals surface area contributed by atoms with Crippen LogP contribution >= 0.6 is 0 Å². The molecular formula is C12H11NO4. The molecule has 0 unspecified atom stereocenters. The van der Waals surface area contributed by atoms with Crippen molar-refractivity contribution < 1.29 is 19.4 Å². The van der Waals surface area contributed by atoms with Crippen LogP contribution in [0.4, 0.5) is 0 Å². The lowest BCUT2D eigenvalue weighted by Crippen LogP contribution is -2.02. The molecule has 0 fully saturated rings. The minimum atomic E-state index is -1.09. The number of ether oxygens (including phenoxy) is 2. The third-order valence-electron chi connectivity index (χ3n) is 2.12. The molecule has 0 amide bonds. The first-order valence-electron chi connectivity index (χ1n) is 4.69. The average molecular weight is 233 g/mol. The van der Waals surface area contributed by atoms with Crippen LogP contribution in [0.5, 0.6) is 11.5 Å². The fourth-order valence-electron chi connectivity index (χ4n) is 1.34. The molecule has 0 aliphatic carbocycles. The van der Waals surface area contributed by atoms with Gasteiger partial charge in [0, 0.05) is 6.08 Å².